The van der Waals surface area contributed by atoms with Crippen LogP contribution in [0, 0.1) is 6.92 Å². The number of sulfonamides is 1. The van der Waals surface area contributed by atoms with Crippen molar-refractivity contribution in [2.45, 2.75) is 18.4 Å². The molecule has 8 heteroatoms. The first kappa shape index (κ1) is 26.3. The van der Waals surface area contributed by atoms with Crippen molar-refractivity contribution in [1.82, 2.24) is 0 Å². The fraction of sp³-hybridized carbons (Fsp3) is 0.0909. The first-order valence-corrected chi connectivity index (χ1v) is 14.4. The van der Waals surface area contributed by atoms with Crippen LogP contribution in [-0.4, -0.2) is 27.3 Å². The Morgan fingerprint density at radius 3 is 2.37 bits per heavy atom. The lowest BCUT2D eigenvalue weighted by atomic mass is 10.0. The third-order valence-electron chi connectivity index (χ3n) is 6.99. The van der Waals surface area contributed by atoms with Crippen LogP contribution in [0.3, 0.4) is 0 Å². The number of benzene rings is 5. The summed E-state index contributed by atoms with van der Waals surface area (Å²) in [5.41, 5.74) is 3.66. The van der Waals surface area contributed by atoms with E-state index in [1.807, 2.05) is 78.6 Å². The average Bonchev–Trinajstić information content (AvgIpc) is 3.27. The third kappa shape index (κ3) is 5.05. The van der Waals surface area contributed by atoms with E-state index in [0.717, 1.165) is 27.6 Å². The highest BCUT2D eigenvalue weighted by Crippen LogP contribution is 2.34. The molecule has 0 bridgehead atoms. The van der Waals surface area contributed by atoms with Crippen molar-refractivity contribution in [3.8, 4) is 11.5 Å². The maximum atomic E-state index is 13.2. The third-order valence-corrected chi connectivity index (χ3v) is 8.32. The minimum absolute atomic E-state index is 0.181. The van der Waals surface area contributed by atoms with Gasteiger partial charge in [-0.2, -0.15) is 8.42 Å². The number of amidine groups is 1. The summed E-state index contributed by atoms with van der Waals surface area (Å²) in [6, 6.07) is 33.0. The van der Waals surface area contributed by atoms with E-state index in [1.54, 1.807) is 42.5 Å². The van der Waals surface area contributed by atoms with Crippen LogP contribution in [0.2, 0.25) is 0 Å². The van der Waals surface area contributed by atoms with Gasteiger partial charge in [0, 0.05) is 17.8 Å². The number of anilines is 1. The molecule has 0 atom stereocenters. The molecule has 5 aromatic rings. The molecule has 1 heterocycles. The first-order valence-electron chi connectivity index (χ1n) is 13.0. The Hall–Kier alpha value is -4.95. The molecule has 0 unspecified atom stereocenters. The van der Waals surface area contributed by atoms with Crippen molar-refractivity contribution in [2.75, 3.05) is 12.0 Å². The number of carbonyl (C=O) groups is 1. The van der Waals surface area contributed by atoms with E-state index < -0.39 is 16.0 Å². The molecule has 0 radical (unpaired) electrons. The second-order valence-corrected chi connectivity index (χ2v) is 11.3. The Balaban J connectivity index is 1.34. The predicted octanol–water partition coefficient (Wildman–Crippen LogP) is 6.53. The molecule has 0 spiro atoms. The molecule has 1 aliphatic rings. The summed E-state index contributed by atoms with van der Waals surface area (Å²) in [4.78, 5) is 15.2. The second-order valence-electron chi connectivity index (χ2n) is 9.71. The maximum absolute atomic E-state index is 13.2. The molecule has 204 valence electrons. The average molecular weight is 563 g/mol. The standard InChI is InChI=1S/C33H26N2O5S/c1-22-14-17-25(18-15-22)35(32-28-11-5-6-13-31(28)41(37,38)34-32)21-23-16-19-29(30(20-23)39-2)40-33(36)27-12-7-9-24-8-3-4-10-26(24)27/h3-20H,21H2,1-2H3. The molecule has 0 aromatic heterocycles. The van der Waals surface area contributed by atoms with Crippen molar-refractivity contribution in [3.05, 3.63) is 131 Å². The molecule has 41 heavy (non-hydrogen) atoms. The Labute approximate surface area is 238 Å². The molecule has 7 nitrogen and oxygen atoms in total. The zero-order chi connectivity index (χ0) is 28.6. The Morgan fingerprint density at radius 2 is 1.56 bits per heavy atom. The van der Waals surface area contributed by atoms with Crippen LogP contribution in [-0.2, 0) is 16.6 Å². The molecule has 0 N–H and O–H groups in total. The zero-order valence-corrected chi connectivity index (χ0v) is 23.3. The van der Waals surface area contributed by atoms with E-state index in [1.165, 1.54) is 7.11 Å². The summed E-state index contributed by atoms with van der Waals surface area (Å²) in [6.45, 7) is 2.28. The van der Waals surface area contributed by atoms with E-state index in [-0.39, 0.29) is 10.6 Å². The van der Waals surface area contributed by atoms with Gasteiger partial charge in [-0.25, -0.2) is 4.79 Å². The van der Waals surface area contributed by atoms with Gasteiger partial charge in [0.2, 0.25) is 0 Å². The quantitative estimate of drug-likeness (QED) is 0.173. The molecule has 5 aromatic carbocycles. The van der Waals surface area contributed by atoms with Crippen LogP contribution < -0.4 is 14.4 Å². The second kappa shape index (κ2) is 10.6. The number of methoxy groups -OCH3 is 1. The van der Waals surface area contributed by atoms with Gasteiger partial charge in [0.05, 0.1) is 12.7 Å². The van der Waals surface area contributed by atoms with Crippen molar-refractivity contribution in [3.63, 3.8) is 0 Å². The number of carbonyl (C=O) groups excluding carboxylic acids is 1. The molecule has 0 amide bonds. The molecular formula is C33H26N2O5S. The highest BCUT2D eigenvalue weighted by molar-refractivity contribution is 7.90. The number of hydrogen-bond acceptors (Lipinski definition) is 6. The first-order chi connectivity index (χ1) is 19.8. The van der Waals surface area contributed by atoms with Gasteiger partial charge in [0.25, 0.3) is 10.0 Å². The zero-order valence-electron chi connectivity index (χ0n) is 22.4. The monoisotopic (exact) mass is 562 g/mol. The van der Waals surface area contributed by atoms with Gasteiger partial charge in [-0.1, -0.05) is 72.3 Å². The molecule has 0 saturated carbocycles. The smallest absolute Gasteiger partial charge is 0.344 e. The van der Waals surface area contributed by atoms with Crippen LogP contribution in [0.1, 0.15) is 27.0 Å². The van der Waals surface area contributed by atoms with Gasteiger partial charge < -0.3 is 14.4 Å². The lowest BCUT2D eigenvalue weighted by molar-refractivity contribution is 0.0731. The fourth-order valence-electron chi connectivity index (χ4n) is 4.93. The molecule has 0 saturated heterocycles. The van der Waals surface area contributed by atoms with E-state index in [2.05, 4.69) is 4.40 Å². The highest BCUT2D eigenvalue weighted by atomic mass is 32.2. The van der Waals surface area contributed by atoms with Crippen LogP contribution in [0.5, 0.6) is 11.5 Å². The largest absolute Gasteiger partial charge is 0.493 e. The minimum Gasteiger partial charge on any atom is -0.493 e. The lowest BCUT2D eigenvalue weighted by Gasteiger charge is -2.25. The topological polar surface area (TPSA) is 85.3 Å². The number of aryl methyl sites for hydroxylation is 1. The normalized spacial score (nSPS) is 13.4. The lowest BCUT2D eigenvalue weighted by Crippen LogP contribution is -2.30. The summed E-state index contributed by atoms with van der Waals surface area (Å²) in [5.74, 6) is 0.509. The van der Waals surface area contributed by atoms with Crippen LogP contribution in [0.4, 0.5) is 5.69 Å². The predicted molar refractivity (Wildman–Crippen MR) is 159 cm³/mol. The van der Waals surface area contributed by atoms with E-state index in [4.69, 9.17) is 9.47 Å². The Bertz CT molecular complexity index is 1930. The number of ether oxygens (including phenoxy) is 2. The Morgan fingerprint density at radius 1 is 0.829 bits per heavy atom. The summed E-state index contributed by atoms with van der Waals surface area (Å²) in [5, 5.41) is 1.75. The summed E-state index contributed by atoms with van der Waals surface area (Å²) in [7, 11) is -2.31. The number of esters is 1. The van der Waals surface area contributed by atoms with Crippen molar-refractivity contribution < 1.29 is 22.7 Å². The summed E-state index contributed by atoms with van der Waals surface area (Å²) < 4.78 is 41.3. The summed E-state index contributed by atoms with van der Waals surface area (Å²) in [6.07, 6.45) is 0. The highest BCUT2D eigenvalue weighted by Gasteiger charge is 2.32. The van der Waals surface area contributed by atoms with E-state index in [9.17, 15) is 13.2 Å². The summed E-state index contributed by atoms with van der Waals surface area (Å²) >= 11 is 0. The van der Waals surface area contributed by atoms with E-state index in [0.29, 0.717) is 29.3 Å². The SMILES string of the molecule is COc1cc(CN(C2=NS(=O)(=O)c3ccccc32)c2ccc(C)cc2)ccc1OC(=O)c1cccc2ccccc12. The number of hydrogen-bond donors (Lipinski definition) is 0. The van der Waals surface area contributed by atoms with Crippen LogP contribution in [0.25, 0.3) is 10.8 Å². The van der Waals surface area contributed by atoms with E-state index >= 15 is 0 Å². The van der Waals surface area contributed by atoms with Crippen LogP contribution in [0.15, 0.2) is 118 Å². The van der Waals surface area contributed by atoms with Crippen molar-refractivity contribution in [2.24, 2.45) is 4.40 Å². The van der Waals surface area contributed by atoms with Gasteiger partial charge in [-0.3, -0.25) is 0 Å². The number of fused-ring (bicyclic) bond motifs is 2. The van der Waals surface area contributed by atoms with Gasteiger partial charge in [-0.05, 0) is 65.7 Å². The van der Waals surface area contributed by atoms with Crippen molar-refractivity contribution in [1.29, 1.82) is 0 Å². The molecule has 6 rings (SSSR count). The van der Waals surface area contributed by atoms with Gasteiger partial charge in [0.1, 0.15) is 4.90 Å². The molecule has 0 fully saturated rings. The molecule has 1 aliphatic heterocycles. The fourth-order valence-corrected chi connectivity index (χ4v) is 6.14. The van der Waals surface area contributed by atoms with Gasteiger partial charge in [-0.15, -0.1) is 4.40 Å². The van der Waals surface area contributed by atoms with Crippen LogP contribution >= 0.6 is 0 Å². The van der Waals surface area contributed by atoms with Crippen molar-refractivity contribution >= 4 is 38.3 Å². The molecular weight excluding hydrogens is 536 g/mol. The molecule has 0 aliphatic carbocycles. The maximum Gasteiger partial charge on any atom is 0.344 e. The Kier molecular flexibility index (Phi) is 6.77. The number of nitrogens with zero attached hydrogens (tertiary/aromatic N) is 2. The van der Waals surface area contributed by atoms with Gasteiger partial charge >= 0.3 is 5.97 Å². The van der Waals surface area contributed by atoms with Gasteiger partial charge in [0.15, 0.2) is 17.3 Å². The number of rotatable bonds is 6. The minimum atomic E-state index is -3.82.